The largest absolute Gasteiger partial charge is 0.462 e. The zero-order valence-corrected chi connectivity index (χ0v) is 18.3. The number of benzene rings is 2. The number of carbonyl (C=O) groups is 2. The van der Waals surface area contributed by atoms with Gasteiger partial charge in [0.05, 0.1) is 22.0 Å². The molecule has 0 saturated carbocycles. The number of non-ortho nitro benzene ring substituents is 1. The zero-order chi connectivity index (χ0) is 23.3. The van der Waals surface area contributed by atoms with Crippen molar-refractivity contribution in [3.63, 3.8) is 0 Å². The third-order valence-corrected chi connectivity index (χ3v) is 6.88. The predicted molar refractivity (Wildman–Crippen MR) is 116 cm³/mol. The molecule has 0 spiro atoms. The smallest absolute Gasteiger partial charge is 0.338 e. The summed E-state index contributed by atoms with van der Waals surface area (Å²) in [6.45, 7) is 2.64. The van der Waals surface area contributed by atoms with E-state index in [1.165, 1.54) is 34.6 Å². The van der Waals surface area contributed by atoms with E-state index in [-0.39, 0.29) is 22.6 Å². The van der Waals surface area contributed by atoms with Crippen molar-refractivity contribution in [2.45, 2.75) is 31.1 Å². The lowest BCUT2D eigenvalue weighted by molar-refractivity contribution is -0.384. The minimum Gasteiger partial charge on any atom is -0.462 e. The highest BCUT2D eigenvalue weighted by Crippen LogP contribution is 2.23. The van der Waals surface area contributed by atoms with Gasteiger partial charge in [-0.25, -0.2) is 13.2 Å². The molecule has 1 saturated heterocycles. The molecule has 1 amide bonds. The normalized spacial score (nSPS) is 14.5. The van der Waals surface area contributed by atoms with Crippen molar-refractivity contribution in [1.82, 2.24) is 4.31 Å². The van der Waals surface area contributed by atoms with Crippen LogP contribution in [0.15, 0.2) is 47.4 Å². The number of piperidine rings is 1. The highest BCUT2D eigenvalue weighted by atomic mass is 32.2. The highest BCUT2D eigenvalue weighted by Gasteiger charge is 2.26. The molecule has 3 rings (SSSR count). The van der Waals surface area contributed by atoms with Crippen LogP contribution >= 0.6 is 0 Å². The maximum Gasteiger partial charge on any atom is 0.338 e. The molecule has 1 fully saturated rings. The topological polar surface area (TPSA) is 136 Å². The molecule has 0 unspecified atom stereocenters. The lowest BCUT2D eigenvalue weighted by Gasteiger charge is -2.25. The monoisotopic (exact) mass is 461 g/mol. The highest BCUT2D eigenvalue weighted by molar-refractivity contribution is 7.89. The van der Waals surface area contributed by atoms with E-state index in [4.69, 9.17) is 4.74 Å². The first kappa shape index (κ1) is 23.4. The second kappa shape index (κ2) is 9.88. The van der Waals surface area contributed by atoms with Gasteiger partial charge in [-0.05, 0) is 50.1 Å². The summed E-state index contributed by atoms with van der Waals surface area (Å²) < 4.78 is 31.8. The molecular weight excluding hydrogens is 438 g/mol. The zero-order valence-electron chi connectivity index (χ0n) is 17.4. The average Bonchev–Trinajstić information content (AvgIpc) is 2.79. The first-order chi connectivity index (χ1) is 15.2. The van der Waals surface area contributed by atoms with E-state index in [2.05, 4.69) is 5.32 Å². The van der Waals surface area contributed by atoms with Gasteiger partial charge in [-0.2, -0.15) is 4.31 Å². The van der Waals surface area contributed by atoms with Crippen molar-refractivity contribution >= 4 is 33.3 Å². The number of amides is 1. The summed E-state index contributed by atoms with van der Waals surface area (Å²) in [6, 6.07) is 8.97. The number of nitrogens with one attached hydrogen (secondary N) is 1. The van der Waals surface area contributed by atoms with Gasteiger partial charge in [0, 0.05) is 36.5 Å². The van der Waals surface area contributed by atoms with Gasteiger partial charge in [-0.3, -0.25) is 14.9 Å². The van der Waals surface area contributed by atoms with E-state index in [9.17, 15) is 28.1 Å². The maximum atomic E-state index is 12.7. The van der Waals surface area contributed by atoms with Crippen LogP contribution in [-0.2, 0) is 14.8 Å². The Balaban J connectivity index is 1.79. The lowest BCUT2D eigenvalue weighted by atomic mass is 10.1. The van der Waals surface area contributed by atoms with Crippen LogP contribution in [0, 0.1) is 10.1 Å². The average molecular weight is 461 g/mol. The van der Waals surface area contributed by atoms with E-state index in [0.29, 0.717) is 18.8 Å². The molecule has 1 N–H and O–H groups in total. The quantitative estimate of drug-likeness (QED) is 0.380. The molecule has 0 bridgehead atoms. The number of esters is 1. The Kier molecular flexibility index (Phi) is 7.21. The summed E-state index contributed by atoms with van der Waals surface area (Å²) in [5.41, 5.74) is -0.345. The summed E-state index contributed by atoms with van der Waals surface area (Å²) in [7, 11) is -3.60. The van der Waals surface area contributed by atoms with Gasteiger partial charge in [0.2, 0.25) is 10.0 Å². The van der Waals surface area contributed by atoms with E-state index in [1.54, 1.807) is 6.92 Å². The van der Waals surface area contributed by atoms with Crippen molar-refractivity contribution in [1.29, 1.82) is 0 Å². The van der Waals surface area contributed by atoms with Crippen molar-refractivity contribution in [3.8, 4) is 0 Å². The fraction of sp³-hybridized carbons (Fsp3) is 0.333. The van der Waals surface area contributed by atoms with E-state index >= 15 is 0 Å². The Morgan fingerprint density at radius 2 is 1.69 bits per heavy atom. The second-order valence-corrected chi connectivity index (χ2v) is 9.13. The number of nitro benzene ring substituents is 1. The van der Waals surface area contributed by atoms with Crippen LogP contribution in [0.25, 0.3) is 0 Å². The first-order valence-electron chi connectivity index (χ1n) is 10.1. The van der Waals surface area contributed by atoms with Crippen LogP contribution in [0.5, 0.6) is 0 Å². The Morgan fingerprint density at radius 3 is 2.28 bits per heavy atom. The fourth-order valence-electron chi connectivity index (χ4n) is 3.35. The van der Waals surface area contributed by atoms with Crippen molar-refractivity contribution in [3.05, 3.63) is 63.7 Å². The van der Waals surface area contributed by atoms with Gasteiger partial charge < -0.3 is 10.1 Å². The lowest BCUT2D eigenvalue weighted by Crippen LogP contribution is -2.35. The van der Waals surface area contributed by atoms with Gasteiger partial charge in [0.15, 0.2) is 0 Å². The predicted octanol–water partition coefficient (Wildman–Crippen LogP) is 3.20. The minimum absolute atomic E-state index is 0.0791. The van der Waals surface area contributed by atoms with Crippen LogP contribution in [0.1, 0.15) is 46.9 Å². The van der Waals surface area contributed by atoms with E-state index in [0.717, 1.165) is 31.4 Å². The van der Waals surface area contributed by atoms with Crippen LogP contribution in [0.4, 0.5) is 11.4 Å². The number of rotatable bonds is 7. The molecule has 0 aliphatic carbocycles. The third kappa shape index (κ3) is 5.29. The van der Waals surface area contributed by atoms with Crippen molar-refractivity contribution < 1.29 is 27.7 Å². The fourth-order valence-corrected chi connectivity index (χ4v) is 4.86. The SMILES string of the molecule is CCOC(=O)c1cc(C(=O)Nc2ccc(S(=O)(=O)N3CCCCC3)cc2)cc([N+](=O)[O-])c1. The Morgan fingerprint density at radius 1 is 1.06 bits per heavy atom. The molecule has 10 nitrogen and oxygen atoms in total. The standard InChI is InChI=1S/C21H23N3O7S/c1-2-31-21(26)16-12-15(13-18(14-16)24(27)28)20(25)22-17-6-8-19(9-7-17)32(29,30)23-10-4-3-5-11-23/h6-9,12-14H,2-5,10-11H2,1H3,(H,22,25). The van der Waals surface area contributed by atoms with Crippen molar-refractivity contribution in [2.75, 3.05) is 25.0 Å². The van der Waals surface area contributed by atoms with Crippen LogP contribution in [0.2, 0.25) is 0 Å². The summed E-state index contributed by atoms with van der Waals surface area (Å²) in [5.74, 6) is -1.47. The number of carbonyl (C=O) groups excluding carboxylic acids is 2. The second-order valence-electron chi connectivity index (χ2n) is 7.19. The third-order valence-electron chi connectivity index (χ3n) is 4.97. The van der Waals surface area contributed by atoms with Gasteiger partial charge in [-0.1, -0.05) is 6.42 Å². The number of anilines is 1. The number of sulfonamides is 1. The number of nitro groups is 1. The Bertz CT molecular complexity index is 1120. The summed E-state index contributed by atoms with van der Waals surface area (Å²) in [6.07, 6.45) is 2.65. The van der Waals surface area contributed by atoms with Gasteiger partial charge in [0.1, 0.15) is 0 Å². The molecular formula is C21H23N3O7S. The number of ether oxygens (including phenoxy) is 1. The van der Waals surface area contributed by atoms with Crippen LogP contribution < -0.4 is 5.32 Å². The molecule has 0 radical (unpaired) electrons. The summed E-state index contributed by atoms with van der Waals surface area (Å²) in [5, 5.41) is 13.7. The summed E-state index contributed by atoms with van der Waals surface area (Å²) in [4.78, 5) is 35.2. The van der Waals surface area contributed by atoms with Crippen LogP contribution in [-0.4, -0.2) is 49.2 Å². The summed E-state index contributed by atoms with van der Waals surface area (Å²) >= 11 is 0. The molecule has 32 heavy (non-hydrogen) atoms. The van der Waals surface area contributed by atoms with Gasteiger partial charge >= 0.3 is 5.97 Å². The first-order valence-corrected chi connectivity index (χ1v) is 11.5. The molecule has 170 valence electrons. The molecule has 0 aromatic heterocycles. The minimum atomic E-state index is -3.60. The number of nitrogens with zero attached hydrogens (tertiary/aromatic N) is 2. The Labute approximate surface area is 185 Å². The molecule has 2 aromatic carbocycles. The molecule has 1 aliphatic rings. The molecule has 0 atom stereocenters. The van der Waals surface area contributed by atoms with Crippen LogP contribution in [0.3, 0.4) is 0 Å². The van der Waals surface area contributed by atoms with Gasteiger partial charge in [0.25, 0.3) is 11.6 Å². The van der Waals surface area contributed by atoms with Crippen molar-refractivity contribution in [2.24, 2.45) is 0 Å². The van der Waals surface area contributed by atoms with Gasteiger partial charge in [-0.15, -0.1) is 0 Å². The number of hydrogen-bond donors (Lipinski definition) is 1. The van der Waals surface area contributed by atoms with E-state index < -0.39 is 32.5 Å². The Hall–Kier alpha value is -3.31. The molecule has 1 aliphatic heterocycles. The van der Waals surface area contributed by atoms with E-state index in [1.807, 2.05) is 0 Å². The molecule has 2 aromatic rings. The molecule has 1 heterocycles. The number of hydrogen-bond acceptors (Lipinski definition) is 7. The maximum absolute atomic E-state index is 12.7. The molecule has 11 heteroatoms.